The Hall–Kier alpha value is -1.51. The molecular formula is C16H24N2O. The highest BCUT2D eigenvalue weighted by Gasteiger charge is 2.41. The maximum atomic E-state index is 12.8. The summed E-state index contributed by atoms with van der Waals surface area (Å²) in [6.45, 7) is 7.14. The van der Waals surface area contributed by atoms with Crippen molar-refractivity contribution < 1.29 is 4.79 Å². The molecule has 0 bridgehead atoms. The molecule has 104 valence electrons. The number of carbonyl (C=O) groups is 1. The van der Waals surface area contributed by atoms with Gasteiger partial charge in [-0.15, -0.1) is 0 Å². The van der Waals surface area contributed by atoms with Crippen molar-refractivity contribution in [3.8, 4) is 0 Å². The fourth-order valence-corrected chi connectivity index (χ4v) is 3.09. The zero-order valence-electron chi connectivity index (χ0n) is 12.1. The van der Waals surface area contributed by atoms with Crippen LogP contribution in [0.2, 0.25) is 0 Å². The van der Waals surface area contributed by atoms with Crippen LogP contribution in [0.4, 0.5) is 11.4 Å². The smallest absolute Gasteiger partial charge is 0.230 e. The maximum absolute atomic E-state index is 12.8. The Morgan fingerprint density at radius 1 is 1.37 bits per heavy atom. The molecule has 1 unspecified atom stereocenters. The van der Waals surface area contributed by atoms with Gasteiger partial charge in [0.05, 0.1) is 0 Å². The van der Waals surface area contributed by atoms with Gasteiger partial charge in [-0.25, -0.2) is 0 Å². The van der Waals surface area contributed by atoms with Crippen molar-refractivity contribution in [1.29, 1.82) is 0 Å². The number of nitrogens with zero attached hydrogens (tertiary/aromatic N) is 1. The summed E-state index contributed by atoms with van der Waals surface area (Å²) in [5, 5.41) is 0. The molecule has 1 aliphatic rings. The molecule has 0 spiro atoms. The second kappa shape index (κ2) is 5.24. The predicted molar refractivity (Wildman–Crippen MR) is 80.0 cm³/mol. The van der Waals surface area contributed by atoms with Crippen LogP contribution in [0, 0.1) is 11.3 Å². The van der Waals surface area contributed by atoms with Gasteiger partial charge in [-0.05, 0) is 49.4 Å². The van der Waals surface area contributed by atoms with Gasteiger partial charge < -0.3 is 10.6 Å². The van der Waals surface area contributed by atoms with E-state index in [9.17, 15) is 4.79 Å². The second-order valence-electron chi connectivity index (χ2n) is 6.11. The third-order valence-electron chi connectivity index (χ3n) is 4.34. The number of anilines is 2. The lowest BCUT2D eigenvalue weighted by Crippen LogP contribution is -2.40. The van der Waals surface area contributed by atoms with Crippen LogP contribution in [0.15, 0.2) is 24.3 Å². The molecule has 0 aliphatic heterocycles. The largest absolute Gasteiger partial charge is 0.399 e. The van der Waals surface area contributed by atoms with E-state index in [-0.39, 0.29) is 17.2 Å². The minimum atomic E-state index is 0.123. The topological polar surface area (TPSA) is 46.3 Å². The molecule has 1 amide bonds. The first kappa shape index (κ1) is 13.9. The summed E-state index contributed by atoms with van der Waals surface area (Å²) in [5.41, 5.74) is 7.51. The molecule has 2 N–H and O–H groups in total. The van der Waals surface area contributed by atoms with Crippen molar-refractivity contribution in [2.45, 2.75) is 40.0 Å². The molecular weight excluding hydrogens is 236 g/mol. The summed E-state index contributed by atoms with van der Waals surface area (Å²) < 4.78 is 0. The Morgan fingerprint density at radius 3 is 2.47 bits per heavy atom. The zero-order valence-corrected chi connectivity index (χ0v) is 12.1. The minimum absolute atomic E-state index is 0.123. The highest BCUT2D eigenvalue weighted by molar-refractivity contribution is 5.95. The molecule has 0 saturated heterocycles. The first-order valence-corrected chi connectivity index (χ1v) is 7.12. The summed E-state index contributed by atoms with van der Waals surface area (Å²) >= 11 is 0. The molecule has 2 rings (SSSR count). The van der Waals surface area contributed by atoms with E-state index in [1.165, 1.54) is 0 Å². The molecule has 3 nitrogen and oxygen atoms in total. The van der Waals surface area contributed by atoms with Crippen LogP contribution in [0.25, 0.3) is 0 Å². The molecule has 19 heavy (non-hydrogen) atoms. The fourth-order valence-electron chi connectivity index (χ4n) is 3.09. The predicted octanol–water partition coefficient (Wildman–Crippen LogP) is 3.45. The van der Waals surface area contributed by atoms with Crippen molar-refractivity contribution in [3.05, 3.63) is 24.3 Å². The lowest BCUT2D eigenvalue weighted by Gasteiger charge is -2.31. The quantitative estimate of drug-likeness (QED) is 0.846. The van der Waals surface area contributed by atoms with Gasteiger partial charge in [-0.1, -0.05) is 20.3 Å². The van der Waals surface area contributed by atoms with Gasteiger partial charge >= 0.3 is 0 Å². The molecule has 1 saturated carbocycles. The first-order chi connectivity index (χ1) is 8.95. The average Bonchev–Trinajstić information content (AvgIpc) is 2.72. The second-order valence-corrected chi connectivity index (χ2v) is 6.11. The molecule has 3 heteroatoms. The average molecular weight is 260 g/mol. The Bertz CT molecular complexity index is 450. The Kier molecular flexibility index (Phi) is 3.83. The number of rotatable bonds is 3. The molecule has 0 aromatic heterocycles. The van der Waals surface area contributed by atoms with Crippen molar-refractivity contribution in [2.24, 2.45) is 11.3 Å². The molecule has 0 heterocycles. The van der Waals surface area contributed by atoms with E-state index in [0.29, 0.717) is 6.54 Å². The van der Waals surface area contributed by atoms with Gasteiger partial charge in [0, 0.05) is 23.8 Å². The summed E-state index contributed by atoms with van der Waals surface area (Å²) in [7, 11) is 0. The van der Waals surface area contributed by atoms with Crippen LogP contribution in [0.5, 0.6) is 0 Å². The minimum Gasteiger partial charge on any atom is -0.399 e. The van der Waals surface area contributed by atoms with E-state index in [0.717, 1.165) is 30.6 Å². The van der Waals surface area contributed by atoms with E-state index in [2.05, 4.69) is 13.8 Å². The summed E-state index contributed by atoms with van der Waals surface area (Å²) in [6, 6.07) is 7.56. The number of benzene rings is 1. The van der Waals surface area contributed by atoms with Crippen LogP contribution in [-0.4, -0.2) is 12.5 Å². The van der Waals surface area contributed by atoms with Gasteiger partial charge in [0.15, 0.2) is 0 Å². The first-order valence-electron chi connectivity index (χ1n) is 7.12. The van der Waals surface area contributed by atoms with E-state index < -0.39 is 0 Å². The van der Waals surface area contributed by atoms with Gasteiger partial charge in [-0.3, -0.25) is 4.79 Å². The zero-order chi connectivity index (χ0) is 14.0. The van der Waals surface area contributed by atoms with Crippen LogP contribution >= 0.6 is 0 Å². The molecule has 1 aromatic rings. The Morgan fingerprint density at radius 2 is 2.00 bits per heavy atom. The summed E-state index contributed by atoms with van der Waals surface area (Å²) in [5.74, 6) is 0.403. The number of nitrogens with two attached hydrogens (primary N) is 1. The van der Waals surface area contributed by atoms with Gasteiger partial charge in [-0.2, -0.15) is 0 Å². The van der Waals surface area contributed by atoms with Crippen molar-refractivity contribution >= 4 is 17.3 Å². The standard InChI is InChI=1S/C16H24N2O/c1-4-18(13-9-7-12(17)8-10-13)15(19)14-6-5-11-16(14,2)3/h7-10,14H,4-6,11,17H2,1-3H3. The van der Waals surface area contributed by atoms with Gasteiger partial charge in [0.25, 0.3) is 0 Å². The molecule has 1 atom stereocenters. The van der Waals surface area contributed by atoms with Crippen LogP contribution in [0.3, 0.4) is 0 Å². The van der Waals surface area contributed by atoms with E-state index in [4.69, 9.17) is 5.73 Å². The Balaban J connectivity index is 2.22. The van der Waals surface area contributed by atoms with Crippen molar-refractivity contribution in [3.63, 3.8) is 0 Å². The highest BCUT2D eigenvalue weighted by atomic mass is 16.2. The molecule has 0 radical (unpaired) electrons. The lowest BCUT2D eigenvalue weighted by molar-refractivity contribution is -0.124. The molecule has 1 fully saturated rings. The van der Waals surface area contributed by atoms with Crippen LogP contribution in [0.1, 0.15) is 40.0 Å². The highest BCUT2D eigenvalue weighted by Crippen LogP contribution is 2.43. The number of nitrogen functional groups attached to an aromatic ring is 1. The van der Waals surface area contributed by atoms with Crippen LogP contribution in [-0.2, 0) is 4.79 Å². The maximum Gasteiger partial charge on any atom is 0.230 e. The van der Waals surface area contributed by atoms with E-state index in [1.54, 1.807) is 0 Å². The van der Waals surface area contributed by atoms with Gasteiger partial charge in [0.2, 0.25) is 5.91 Å². The van der Waals surface area contributed by atoms with Crippen LogP contribution < -0.4 is 10.6 Å². The van der Waals surface area contributed by atoms with Gasteiger partial charge in [0.1, 0.15) is 0 Å². The SMILES string of the molecule is CCN(C(=O)C1CCCC1(C)C)c1ccc(N)cc1. The monoisotopic (exact) mass is 260 g/mol. The third-order valence-corrected chi connectivity index (χ3v) is 4.34. The number of hydrogen-bond donors (Lipinski definition) is 1. The fraction of sp³-hybridized carbons (Fsp3) is 0.562. The lowest BCUT2D eigenvalue weighted by atomic mass is 9.81. The number of hydrogen-bond acceptors (Lipinski definition) is 2. The third kappa shape index (κ3) is 2.75. The van der Waals surface area contributed by atoms with Crippen molar-refractivity contribution in [1.82, 2.24) is 0 Å². The van der Waals surface area contributed by atoms with E-state index in [1.807, 2.05) is 36.1 Å². The molecule has 1 aromatic carbocycles. The number of carbonyl (C=O) groups excluding carboxylic acids is 1. The summed E-state index contributed by atoms with van der Waals surface area (Å²) in [4.78, 5) is 14.7. The van der Waals surface area contributed by atoms with E-state index >= 15 is 0 Å². The summed E-state index contributed by atoms with van der Waals surface area (Å²) in [6.07, 6.45) is 3.31. The normalized spacial score (nSPS) is 21.3. The Labute approximate surface area is 115 Å². The van der Waals surface area contributed by atoms with Crippen molar-refractivity contribution in [2.75, 3.05) is 17.2 Å². The number of amides is 1. The molecule has 1 aliphatic carbocycles.